The minimum atomic E-state index is -0.508. The predicted octanol–water partition coefficient (Wildman–Crippen LogP) is 2.08. The Balaban J connectivity index is 2.03. The van der Waals surface area contributed by atoms with E-state index in [1.54, 1.807) is 27.3 Å². The fraction of sp³-hybridized carbons (Fsp3) is 0.364. The molecule has 0 spiro atoms. The molecule has 0 atom stereocenters. The van der Waals surface area contributed by atoms with E-state index in [2.05, 4.69) is 10.3 Å². The number of hydrogen-bond acceptors (Lipinski definition) is 5. The van der Waals surface area contributed by atoms with Crippen LogP contribution in [0.25, 0.3) is 0 Å². The van der Waals surface area contributed by atoms with Crippen molar-refractivity contribution in [3.63, 3.8) is 0 Å². The molecule has 8 heteroatoms. The smallest absolute Gasteiger partial charge is 0.255 e. The standard InChI is InChI=1S/C22H30N4O4/c1-15-9-19(28-4)20(29-5)11-17(15)13-26(3)22(24-2)25-12-16-7-6-8-18(10-16)30-14-21(23)27/h6-11H,12-14H2,1-5H3,(H2,23,27)(H,24,25). The molecule has 0 saturated carbocycles. The van der Waals surface area contributed by atoms with E-state index in [1.165, 1.54) is 0 Å². The van der Waals surface area contributed by atoms with Crippen LogP contribution in [0.2, 0.25) is 0 Å². The number of hydrogen-bond donors (Lipinski definition) is 2. The summed E-state index contributed by atoms with van der Waals surface area (Å²) in [5.74, 6) is 2.24. The molecule has 0 saturated heterocycles. The van der Waals surface area contributed by atoms with Crippen molar-refractivity contribution in [2.45, 2.75) is 20.0 Å². The molecule has 30 heavy (non-hydrogen) atoms. The third-order valence-corrected chi connectivity index (χ3v) is 4.55. The van der Waals surface area contributed by atoms with Crippen molar-refractivity contribution in [2.75, 3.05) is 34.9 Å². The number of aryl methyl sites for hydroxylation is 1. The van der Waals surface area contributed by atoms with Gasteiger partial charge in [-0.05, 0) is 47.9 Å². The number of ether oxygens (including phenoxy) is 3. The number of nitrogens with one attached hydrogen (secondary N) is 1. The lowest BCUT2D eigenvalue weighted by atomic mass is 10.1. The Labute approximate surface area is 177 Å². The number of primary amides is 1. The third kappa shape index (κ3) is 6.30. The maximum Gasteiger partial charge on any atom is 0.255 e. The number of carbonyl (C=O) groups excluding carboxylic acids is 1. The maximum absolute atomic E-state index is 10.9. The lowest BCUT2D eigenvalue weighted by molar-refractivity contribution is -0.119. The van der Waals surface area contributed by atoms with Crippen LogP contribution in [0, 0.1) is 6.92 Å². The molecule has 0 aliphatic rings. The van der Waals surface area contributed by atoms with Gasteiger partial charge in [0.2, 0.25) is 0 Å². The van der Waals surface area contributed by atoms with Crippen molar-refractivity contribution in [3.05, 3.63) is 53.1 Å². The highest BCUT2D eigenvalue weighted by Gasteiger charge is 2.13. The van der Waals surface area contributed by atoms with E-state index in [0.717, 1.165) is 22.6 Å². The van der Waals surface area contributed by atoms with Gasteiger partial charge < -0.3 is 30.2 Å². The van der Waals surface area contributed by atoms with Crippen LogP contribution in [0.3, 0.4) is 0 Å². The van der Waals surface area contributed by atoms with E-state index >= 15 is 0 Å². The van der Waals surface area contributed by atoms with Gasteiger partial charge in [0, 0.05) is 27.2 Å². The van der Waals surface area contributed by atoms with Crippen LogP contribution in [-0.2, 0) is 17.9 Å². The molecule has 162 valence electrons. The van der Waals surface area contributed by atoms with Crippen LogP contribution in [-0.4, -0.2) is 51.7 Å². The van der Waals surface area contributed by atoms with Gasteiger partial charge in [0.25, 0.3) is 5.91 Å². The molecule has 0 unspecified atom stereocenters. The average molecular weight is 415 g/mol. The Morgan fingerprint density at radius 2 is 1.87 bits per heavy atom. The van der Waals surface area contributed by atoms with Crippen molar-refractivity contribution in [2.24, 2.45) is 10.7 Å². The lowest BCUT2D eigenvalue weighted by Gasteiger charge is -2.24. The van der Waals surface area contributed by atoms with Crippen LogP contribution in [0.15, 0.2) is 41.4 Å². The quantitative estimate of drug-likeness (QED) is 0.482. The number of amides is 1. The molecule has 0 heterocycles. The molecule has 0 aromatic heterocycles. The number of methoxy groups -OCH3 is 2. The van der Waals surface area contributed by atoms with Gasteiger partial charge in [-0.2, -0.15) is 0 Å². The molecule has 0 radical (unpaired) electrons. The number of benzene rings is 2. The number of rotatable bonds is 9. The molecule has 1 amide bonds. The highest BCUT2D eigenvalue weighted by molar-refractivity contribution is 5.79. The molecule has 2 aromatic rings. The molecule has 0 aliphatic carbocycles. The number of nitrogens with two attached hydrogens (primary N) is 1. The van der Waals surface area contributed by atoms with Crippen LogP contribution in [0.1, 0.15) is 16.7 Å². The Bertz CT molecular complexity index is 899. The molecular weight excluding hydrogens is 384 g/mol. The van der Waals surface area contributed by atoms with Gasteiger partial charge in [-0.15, -0.1) is 0 Å². The topological polar surface area (TPSA) is 98.4 Å². The summed E-state index contributed by atoms with van der Waals surface area (Å²) in [7, 11) is 6.97. The molecule has 2 aromatic carbocycles. The van der Waals surface area contributed by atoms with E-state index < -0.39 is 5.91 Å². The zero-order chi connectivity index (χ0) is 22.1. The molecular formula is C22H30N4O4. The zero-order valence-electron chi connectivity index (χ0n) is 18.2. The molecule has 8 nitrogen and oxygen atoms in total. The first-order valence-electron chi connectivity index (χ1n) is 9.51. The average Bonchev–Trinajstić information content (AvgIpc) is 2.74. The first-order chi connectivity index (χ1) is 14.4. The third-order valence-electron chi connectivity index (χ3n) is 4.55. The van der Waals surface area contributed by atoms with E-state index in [4.69, 9.17) is 19.9 Å². The molecule has 3 N–H and O–H groups in total. The summed E-state index contributed by atoms with van der Waals surface area (Å²) < 4.78 is 16.1. The van der Waals surface area contributed by atoms with Crippen LogP contribution in [0.4, 0.5) is 0 Å². The van der Waals surface area contributed by atoms with E-state index in [0.29, 0.717) is 30.3 Å². The van der Waals surface area contributed by atoms with Gasteiger partial charge in [0.1, 0.15) is 5.75 Å². The van der Waals surface area contributed by atoms with Crippen LogP contribution in [0.5, 0.6) is 17.2 Å². The SMILES string of the molecule is CN=C(NCc1cccc(OCC(N)=O)c1)N(C)Cc1cc(OC)c(OC)cc1C. The first-order valence-corrected chi connectivity index (χ1v) is 9.51. The Morgan fingerprint density at radius 1 is 1.17 bits per heavy atom. The number of aliphatic imine (C=N–C) groups is 1. The van der Waals surface area contributed by atoms with Crippen molar-refractivity contribution >= 4 is 11.9 Å². The van der Waals surface area contributed by atoms with Gasteiger partial charge in [-0.25, -0.2) is 0 Å². The fourth-order valence-corrected chi connectivity index (χ4v) is 2.99. The molecule has 2 rings (SSSR count). The van der Waals surface area contributed by atoms with Crippen molar-refractivity contribution in [3.8, 4) is 17.2 Å². The van der Waals surface area contributed by atoms with Gasteiger partial charge in [0.15, 0.2) is 24.1 Å². The summed E-state index contributed by atoms with van der Waals surface area (Å²) >= 11 is 0. The number of guanidine groups is 1. The van der Waals surface area contributed by atoms with Gasteiger partial charge in [-0.1, -0.05) is 12.1 Å². The van der Waals surface area contributed by atoms with E-state index in [9.17, 15) is 4.79 Å². The van der Waals surface area contributed by atoms with Crippen LogP contribution >= 0.6 is 0 Å². The van der Waals surface area contributed by atoms with Crippen molar-refractivity contribution in [1.82, 2.24) is 10.2 Å². The van der Waals surface area contributed by atoms with Gasteiger partial charge in [0.05, 0.1) is 14.2 Å². The second-order valence-electron chi connectivity index (χ2n) is 6.79. The Morgan fingerprint density at radius 3 is 2.50 bits per heavy atom. The van der Waals surface area contributed by atoms with Gasteiger partial charge >= 0.3 is 0 Å². The zero-order valence-corrected chi connectivity index (χ0v) is 18.2. The van der Waals surface area contributed by atoms with Crippen LogP contribution < -0.4 is 25.3 Å². The first kappa shape index (κ1) is 22.9. The molecule has 0 bridgehead atoms. The van der Waals surface area contributed by atoms with E-state index in [1.807, 2.05) is 49.2 Å². The summed E-state index contributed by atoms with van der Waals surface area (Å²) in [5, 5.41) is 3.34. The lowest BCUT2D eigenvalue weighted by Crippen LogP contribution is -2.38. The van der Waals surface area contributed by atoms with Crippen molar-refractivity contribution in [1.29, 1.82) is 0 Å². The monoisotopic (exact) mass is 414 g/mol. The van der Waals surface area contributed by atoms with E-state index in [-0.39, 0.29) is 6.61 Å². The predicted molar refractivity (Wildman–Crippen MR) is 117 cm³/mol. The summed E-state index contributed by atoms with van der Waals surface area (Å²) in [6.45, 7) is 3.09. The van der Waals surface area contributed by atoms with Crippen molar-refractivity contribution < 1.29 is 19.0 Å². The normalized spacial score (nSPS) is 11.0. The minimum absolute atomic E-state index is 0.147. The largest absolute Gasteiger partial charge is 0.493 e. The summed E-state index contributed by atoms with van der Waals surface area (Å²) in [6, 6.07) is 11.4. The summed E-state index contributed by atoms with van der Waals surface area (Å²) in [6.07, 6.45) is 0. The highest BCUT2D eigenvalue weighted by Crippen LogP contribution is 2.30. The minimum Gasteiger partial charge on any atom is -0.493 e. The number of carbonyl (C=O) groups is 1. The maximum atomic E-state index is 10.9. The summed E-state index contributed by atoms with van der Waals surface area (Å²) in [5.41, 5.74) is 8.34. The Hall–Kier alpha value is -3.42. The second kappa shape index (κ2) is 10.9. The fourth-order valence-electron chi connectivity index (χ4n) is 2.99. The molecule has 0 fully saturated rings. The second-order valence-corrected chi connectivity index (χ2v) is 6.79. The Kier molecular flexibility index (Phi) is 8.34. The highest BCUT2D eigenvalue weighted by atomic mass is 16.5. The number of nitrogens with zero attached hydrogens (tertiary/aromatic N) is 2. The molecule has 0 aliphatic heterocycles. The van der Waals surface area contributed by atoms with Gasteiger partial charge in [-0.3, -0.25) is 9.79 Å². The summed E-state index contributed by atoms with van der Waals surface area (Å²) in [4.78, 5) is 17.3.